The van der Waals surface area contributed by atoms with Crippen LogP contribution in [0.1, 0.15) is 40.0 Å². The molecule has 0 N–H and O–H groups in total. The summed E-state index contributed by atoms with van der Waals surface area (Å²) in [7, 11) is 0. The van der Waals surface area contributed by atoms with E-state index in [4.69, 9.17) is 6.58 Å². The first-order chi connectivity index (χ1) is 5.20. The summed E-state index contributed by atoms with van der Waals surface area (Å²) in [6.07, 6.45) is 7.58. The molecule has 63 valence electrons. The minimum atomic E-state index is 0.552. The fourth-order valence-electron chi connectivity index (χ4n) is 0.833. The lowest BCUT2D eigenvalue weighted by atomic mass is 10.0. The fraction of sp³-hybridized carbons (Fsp3) is 0.636. The van der Waals surface area contributed by atoms with Gasteiger partial charge in [-0.15, -0.1) is 0 Å². The van der Waals surface area contributed by atoms with Crippen molar-refractivity contribution in [1.29, 1.82) is 0 Å². The molecule has 0 aromatic rings. The zero-order valence-electron chi connectivity index (χ0n) is 7.93. The topological polar surface area (TPSA) is 0 Å². The van der Waals surface area contributed by atoms with Gasteiger partial charge < -0.3 is 0 Å². The van der Waals surface area contributed by atoms with Crippen LogP contribution in [0.5, 0.6) is 0 Å². The van der Waals surface area contributed by atoms with Gasteiger partial charge in [0.15, 0.2) is 0 Å². The van der Waals surface area contributed by atoms with E-state index in [-0.39, 0.29) is 0 Å². The van der Waals surface area contributed by atoms with Crippen molar-refractivity contribution in [2.24, 2.45) is 5.92 Å². The van der Waals surface area contributed by atoms with Crippen LogP contribution in [0.25, 0.3) is 0 Å². The van der Waals surface area contributed by atoms with Gasteiger partial charge in [0.05, 0.1) is 0 Å². The van der Waals surface area contributed by atoms with E-state index in [2.05, 4.69) is 26.8 Å². The van der Waals surface area contributed by atoms with Crippen molar-refractivity contribution in [1.82, 2.24) is 0 Å². The molecule has 0 fully saturated rings. The van der Waals surface area contributed by atoms with Gasteiger partial charge in [0.2, 0.25) is 0 Å². The van der Waals surface area contributed by atoms with Gasteiger partial charge in [-0.3, -0.25) is 0 Å². The van der Waals surface area contributed by atoms with Crippen LogP contribution in [0.15, 0.2) is 17.7 Å². The monoisotopic (exact) mass is 151 g/mol. The van der Waals surface area contributed by atoms with Crippen molar-refractivity contribution >= 4 is 0 Å². The SMILES string of the molecule is [CH]=CC(C)CCC=C(C)CC. The maximum Gasteiger partial charge on any atom is -0.0256 e. The van der Waals surface area contributed by atoms with Gasteiger partial charge in [-0.1, -0.05) is 38.2 Å². The summed E-state index contributed by atoms with van der Waals surface area (Å²) in [6, 6.07) is 0. The Labute approximate surface area is 71.0 Å². The van der Waals surface area contributed by atoms with Crippen molar-refractivity contribution in [3.63, 3.8) is 0 Å². The highest BCUT2D eigenvalue weighted by molar-refractivity contribution is 4.96. The third-order valence-corrected chi connectivity index (χ3v) is 2.00. The number of rotatable bonds is 5. The molecule has 0 saturated heterocycles. The molecule has 0 rings (SSSR count). The van der Waals surface area contributed by atoms with Gasteiger partial charge in [-0.2, -0.15) is 0 Å². The van der Waals surface area contributed by atoms with E-state index in [0.29, 0.717) is 5.92 Å². The van der Waals surface area contributed by atoms with Crippen LogP contribution >= 0.6 is 0 Å². The minimum Gasteiger partial charge on any atom is -0.0856 e. The Morgan fingerprint density at radius 1 is 1.55 bits per heavy atom. The van der Waals surface area contributed by atoms with Gasteiger partial charge in [0.1, 0.15) is 0 Å². The van der Waals surface area contributed by atoms with Gasteiger partial charge in [-0.05, 0) is 32.1 Å². The molecule has 0 aliphatic heterocycles. The van der Waals surface area contributed by atoms with Gasteiger partial charge in [-0.25, -0.2) is 0 Å². The zero-order valence-corrected chi connectivity index (χ0v) is 7.93. The largest absolute Gasteiger partial charge is 0.0856 e. The Morgan fingerprint density at radius 2 is 2.18 bits per heavy atom. The molecule has 0 amide bonds. The lowest BCUT2D eigenvalue weighted by Gasteiger charge is -2.01. The third-order valence-electron chi connectivity index (χ3n) is 2.00. The van der Waals surface area contributed by atoms with E-state index >= 15 is 0 Å². The van der Waals surface area contributed by atoms with Crippen molar-refractivity contribution in [2.75, 3.05) is 0 Å². The Kier molecular flexibility index (Phi) is 5.91. The van der Waals surface area contributed by atoms with Crippen molar-refractivity contribution < 1.29 is 0 Å². The standard InChI is InChI=1S/C11H19/c1-5-10(3)8-7-9-11(4)6-2/h1,5,9-10H,6-8H2,2-4H3. The molecule has 0 nitrogen and oxygen atoms in total. The summed E-state index contributed by atoms with van der Waals surface area (Å²) < 4.78 is 0. The van der Waals surface area contributed by atoms with Crippen LogP contribution < -0.4 is 0 Å². The second-order valence-electron chi connectivity index (χ2n) is 3.15. The summed E-state index contributed by atoms with van der Waals surface area (Å²) in [5.74, 6) is 0.552. The van der Waals surface area contributed by atoms with Gasteiger partial charge in [0, 0.05) is 0 Å². The van der Waals surface area contributed by atoms with Gasteiger partial charge >= 0.3 is 0 Å². The Morgan fingerprint density at radius 3 is 2.64 bits per heavy atom. The van der Waals surface area contributed by atoms with Crippen LogP contribution in [0.3, 0.4) is 0 Å². The van der Waals surface area contributed by atoms with Crippen molar-refractivity contribution in [3.8, 4) is 0 Å². The molecule has 0 heterocycles. The first-order valence-corrected chi connectivity index (χ1v) is 4.41. The van der Waals surface area contributed by atoms with Crippen LogP contribution in [0, 0.1) is 12.5 Å². The molecule has 0 spiro atoms. The second-order valence-corrected chi connectivity index (χ2v) is 3.15. The molecular weight excluding hydrogens is 132 g/mol. The number of hydrogen-bond donors (Lipinski definition) is 0. The summed E-state index contributed by atoms with van der Waals surface area (Å²) in [4.78, 5) is 0. The second kappa shape index (κ2) is 6.21. The molecule has 1 atom stereocenters. The van der Waals surface area contributed by atoms with E-state index in [1.165, 1.54) is 18.4 Å². The quantitative estimate of drug-likeness (QED) is 0.525. The zero-order chi connectivity index (χ0) is 8.69. The average molecular weight is 151 g/mol. The maximum atomic E-state index is 5.38. The van der Waals surface area contributed by atoms with Crippen LogP contribution in [0.4, 0.5) is 0 Å². The first kappa shape index (κ1) is 10.5. The normalized spacial score (nSPS) is 14.6. The molecule has 0 aliphatic carbocycles. The molecule has 0 heteroatoms. The van der Waals surface area contributed by atoms with E-state index in [0.717, 1.165) is 6.42 Å². The Bertz CT molecular complexity index is 131. The van der Waals surface area contributed by atoms with E-state index in [1.807, 2.05) is 0 Å². The van der Waals surface area contributed by atoms with E-state index in [1.54, 1.807) is 6.08 Å². The lowest BCUT2D eigenvalue weighted by molar-refractivity contribution is 0.656. The Hall–Kier alpha value is -0.520. The molecule has 0 bridgehead atoms. The summed E-state index contributed by atoms with van der Waals surface area (Å²) in [6.45, 7) is 11.9. The highest BCUT2D eigenvalue weighted by atomic mass is 14.0. The van der Waals surface area contributed by atoms with Crippen LogP contribution in [-0.2, 0) is 0 Å². The van der Waals surface area contributed by atoms with Crippen LogP contribution in [0.2, 0.25) is 0 Å². The number of allylic oxidation sites excluding steroid dienone is 3. The van der Waals surface area contributed by atoms with Crippen LogP contribution in [-0.4, -0.2) is 0 Å². The predicted molar refractivity (Wildman–Crippen MR) is 51.3 cm³/mol. The van der Waals surface area contributed by atoms with Gasteiger partial charge in [0.25, 0.3) is 0 Å². The average Bonchev–Trinajstić information content (AvgIpc) is 2.04. The third kappa shape index (κ3) is 5.90. The molecule has 0 saturated carbocycles. The maximum absolute atomic E-state index is 5.38. The lowest BCUT2D eigenvalue weighted by Crippen LogP contribution is -1.86. The molecule has 1 unspecified atom stereocenters. The predicted octanol–water partition coefficient (Wildman–Crippen LogP) is 3.75. The first-order valence-electron chi connectivity index (χ1n) is 4.41. The van der Waals surface area contributed by atoms with E-state index < -0.39 is 0 Å². The minimum absolute atomic E-state index is 0.552. The highest BCUT2D eigenvalue weighted by Gasteiger charge is 1.93. The molecule has 0 aromatic carbocycles. The number of hydrogen-bond acceptors (Lipinski definition) is 0. The summed E-state index contributed by atoms with van der Waals surface area (Å²) in [5.41, 5.74) is 1.48. The molecule has 1 radical (unpaired) electrons. The molecular formula is C11H19. The Balaban J connectivity index is 3.47. The summed E-state index contributed by atoms with van der Waals surface area (Å²) >= 11 is 0. The van der Waals surface area contributed by atoms with E-state index in [9.17, 15) is 0 Å². The molecule has 0 aromatic heterocycles. The van der Waals surface area contributed by atoms with Crippen molar-refractivity contribution in [2.45, 2.75) is 40.0 Å². The molecule has 11 heavy (non-hydrogen) atoms. The highest BCUT2D eigenvalue weighted by Crippen LogP contribution is 2.09. The smallest absolute Gasteiger partial charge is 0.0256 e. The molecule has 0 aliphatic rings. The fourth-order valence-corrected chi connectivity index (χ4v) is 0.833. The summed E-state index contributed by atoms with van der Waals surface area (Å²) in [5, 5.41) is 0. The van der Waals surface area contributed by atoms with Crippen molar-refractivity contribution in [3.05, 3.63) is 24.3 Å².